The summed E-state index contributed by atoms with van der Waals surface area (Å²) in [6, 6.07) is 7.36. The number of carbonyl (C=O) groups is 2. The minimum Gasteiger partial charge on any atom is -0.758 e. The third-order valence-electron chi connectivity index (χ3n) is 6.24. The Hall–Kier alpha value is -3.13. The molecule has 1 saturated carbocycles. The average molecular weight is 439 g/mol. The molecule has 8 nitrogen and oxygen atoms in total. The van der Waals surface area contributed by atoms with Crippen LogP contribution >= 0.6 is 0 Å². The highest BCUT2D eigenvalue weighted by molar-refractivity contribution is 6.10. The van der Waals surface area contributed by atoms with Crippen molar-refractivity contribution in [1.82, 2.24) is 4.98 Å². The van der Waals surface area contributed by atoms with Gasteiger partial charge in [0.2, 0.25) is 5.78 Å². The zero-order chi connectivity index (χ0) is 22.7. The van der Waals surface area contributed by atoms with Crippen molar-refractivity contribution in [3.05, 3.63) is 53.0 Å². The van der Waals surface area contributed by atoms with Crippen LogP contribution in [-0.2, 0) is 9.53 Å². The van der Waals surface area contributed by atoms with E-state index in [2.05, 4.69) is 4.98 Å². The molecule has 32 heavy (non-hydrogen) atoms. The predicted octanol–water partition coefficient (Wildman–Crippen LogP) is 4.02. The van der Waals surface area contributed by atoms with Crippen LogP contribution < -0.4 is 14.5 Å². The van der Waals surface area contributed by atoms with Crippen LogP contribution in [0.1, 0.15) is 60.5 Å². The number of Topliss-reactive ketones (excluding diaryl/α,β-unsaturated/α-hetero) is 1. The van der Waals surface area contributed by atoms with Crippen LogP contribution in [0.15, 0.2) is 36.5 Å². The Bertz CT molecular complexity index is 988. The number of aromatic nitrogens is 1. The standard InChI is InChI=1S/C24H27N2O6/c1-30-20-13-15(10-11-19(20)32-16-7-4-3-5-8-16)17(14-21(27)31-2)23-24(28)22-18(26(23)29)9-6-12-25-22/h6,9-13,16-17,23H,3-5,7-8,14H2,1-2H3/q-1. The molecule has 170 valence electrons. The molecule has 0 radical (unpaired) electrons. The SMILES string of the molecule is COC(=O)CC(c1ccc(OC2CCCCC2)c(OC)c1)C1C(=O)c2ncccc2N1[O-]. The molecule has 0 bridgehead atoms. The number of ketones is 1. The molecule has 2 heterocycles. The Balaban J connectivity index is 1.66. The summed E-state index contributed by atoms with van der Waals surface area (Å²) in [6.45, 7) is 0. The van der Waals surface area contributed by atoms with E-state index in [1.165, 1.54) is 19.7 Å². The maximum absolute atomic E-state index is 13.1. The van der Waals surface area contributed by atoms with Crippen molar-refractivity contribution in [1.29, 1.82) is 0 Å². The van der Waals surface area contributed by atoms with Gasteiger partial charge in [-0.1, -0.05) is 12.5 Å². The summed E-state index contributed by atoms with van der Waals surface area (Å²) < 4.78 is 16.6. The normalized spacial score (nSPS) is 19.4. The first kappa shape index (κ1) is 22.1. The number of fused-ring (bicyclic) bond motifs is 1. The van der Waals surface area contributed by atoms with Crippen molar-refractivity contribution >= 4 is 17.4 Å². The van der Waals surface area contributed by atoms with Crippen molar-refractivity contribution in [2.45, 2.75) is 56.6 Å². The molecule has 1 aliphatic heterocycles. The molecular formula is C24H27N2O6-. The monoisotopic (exact) mass is 439 g/mol. The van der Waals surface area contributed by atoms with Crippen LogP contribution in [0.25, 0.3) is 0 Å². The lowest BCUT2D eigenvalue weighted by Gasteiger charge is -2.36. The molecule has 2 aromatic rings. The lowest BCUT2D eigenvalue weighted by atomic mass is 9.86. The van der Waals surface area contributed by atoms with Crippen molar-refractivity contribution in [2.75, 3.05) is 19.3 Å². The Morgan fingerprint density at radius 3 is 2.66 bits per heavy atom. The number of carbonyl (C=O) groups excluding carboxylic acids is 2. The van der Waals surface area contributed by atoms with E-state index >= 15 is 0 Å². The van der Waals surface area contributed by atoms with Gasteiger partial charge < -0.3 is 24.5 Å². The summed E-state index contributed by atoms with van der Waals surface area (Å²) >= 11 is 0. The van der Waals surface area contributed by atoms with E-state index in [1.807, 2.05) is 0 Å². The maximum Gasteiger partial charge on any atom is 0.306 e. The summed E-state index contributed by atoms with van der Waals surface area (Å²) in [6.07, 6.45) is 7.00. The summed E-state index contributed by atoms with van der Waals surface area (Å²) in [4.78, 5) is 29.3. The Kier molecular flexibility index (Phi) is 6.60. The topological polar surface area (TPSA) is 101 Å². The van der Waals surface area contributed by atoms with Crippen LogP contribution in [0, 0.1) is 5.21 Å². The van der Waals surface area contributed by atoms with Gasteiger partial charge >= 0.3 is 5.97 Å². The highest BCUT2D eigenvalue weighted by atomic mass is 16.5. The van der Waals surface area contributed by atoms with E-state index in [9.17, 15) is 14.8 Å². The van der Waals surface area contributed by atoms with Crippen LogP contribution in [-0.4, -0.2) is 43.1 Å². The Labute approximate surface area is 187 Å². The number of nitrogens with zero attached hydrogens (tertiary/aromatic N) is 2. The van der Waals surface area contributed by atoms with E-state index in [4.69, 9.17) is 14.2 Å². The molecule has 0 saturated heterocycles. The summed E-state index contributed by atoms with van der Waals surface area (Å²) in [7, 11) is 2.82. The van der Waals surface area contributed by atoms with Crippen LogP contribution in [0.2, 0.25) is 0 Å². The number of rotatable bonds is 7. The first-order valence-electron chi connectivity index (χ1n) is 10.9. The summed E-state index contributed by atoms with van der Waals surface area (Å²) in [5.41, 5.74) is 0.948. The van der Waals surface area contributed by atoms with Gasteiger partial charge in [0.1, 0.15) is 5.69 Å². The van der Waals surface area contributed by atoms with E-state index in [0.29, 0.717) is 22.1 Å². The number of benzene rings is 1. The summed E-state index contributed by atoms with van der Waals surface area (Å²) in [5.74, 6) is -0.546. The molecule has 1 aromatic heterocycles. The number of methoxy groups -OCH3 is 2. The van der Waals surface area contributed by atoms with Gasteiger partial charge in [-0.15, -0.1) is 0 Å². The lowest BCUT2D eigenvalue weighted by molar-refractivity contribution is -0.141. The van der Waals surface area contributed by atoms with Gasteiger partial charge in [-0.3, -0.25) is 14.6 Å². The minimum absolute atomic E-state index is 0.117. The second-order valence-corrected chi connectivity index (χ2v) is 8.18. The molecule has 4 rings (SSSR count). The number of hydrogen-bond acceptors (Lipinski definition) is 8. The number of pyridine rings is 1. The molecule has 2 unspecified atom stereocenters. The molecule has 1 fully saturated rings. The fraction of sp³-hybridized carbons (Fsp3) is 0.458. The van der Waals surface area contributed by atoms with Gasteiger partial charge in [0.25, 0.3) is 0 Å². The maximum atomic E-state index is 13.1. The third-order valence-corrected chi connectivity index (χ3v) is 6.24. The number of anilines is 1. The highest BCUT2D eigenvalue weighted by Gasteiger charge is 2.41. The van der Waals surface area contributed by atoms with Gasteiger partial charge in [-0.05, 0) is 55.5 Å². The van der Waals surface area contributed by atoms with Crippen molar-refractivity contribution in [2.24, 2.45) is 0 Å². The fourth-order valence-electron chi connectivity index (χ4n) is 4.56. The van der Waals surface area contributed by atoms with E-state index < -0.39 is 23.7 Å². The van der Waals surface area contributed by atoms with Gasteiger partial charge in [0.15, 0.2) is 11.5 Å². The van der Waals surface area contributed by atoms with Crippen LogP contribution in [0.4, 0.5) is 5.69 Å². The van der Waals surface area contributed by atoms with Gasteiger partial charge in [0, 0.05) is 12.1 Å². The lowest BCUT2D eigenvalue weighted by Crippen LogP contribution is -2.38. The largest absolute Gasteiger partial charge is 0.758 e. The Morgan fingerprint density at radius 1 is 1.19 bits per heavy atom. The predicted molar refractivity (Wildman–Crippen MR) is 118 cm³/mol. The fourth-order valence-corrected chi connectivity index (χ4v) is 4.56. The van der Waals surface area contributed by atoms with Gasteiger partial charge in [-0.25, -0.2) is 0 Å². The number of hydroxylamine groups is 1. The third kappa shape index (κ3) is 4.27. The smallest absolute Gasteiger partial charge is 0.306 e. The van der Waals surface area contributed by atoms with Crippen molar-refractivity contribution in [3.8, 4) is 11.5 Å². The van der Waals surface area contributed by atoms with Crippen molar-refractivity contribution < 1.29 is 23.8 Å². The first-order valence-corrected chi connectivity index (χ1v) is 10.9. The quantitative estimate of drug-likeness (QED) is 0.596. The number of ether oxygens (including phenoxy) is 3. The molecule has 0 amide bonds. The van der Waals surface area contributed by atoms with Crippen molar-refractivity contribution in [3.63, 3.8) is 0 Å². The van der Waals surface area contributed by atoms with Gasteiger partial charge in [0.05, 0.1) is 38.5 Å². The minimum atomic E-state index is -1.12. The molecule has 1 aliphatic carbocycles. The molecular weight excluding hydrogens is 412 g/mol. The molecule has 0 N–H and O–H groups in total. The molecule has 2 atom stereocenters. The van der Waals surface area contributed by atoms with Crippen LogP contribution in [0.3, 0.4) is 0 Å². The van der Waals surface area contributed by atoms with E-state index in [-0.39, 0.29) is 23.9 Å². The van der Waals surface area contributed by atoms with Gasteiger partial charge in [-0.2, -0.15) is 0 Å². The van der Waals surface area contributed by atoms with Crippen LogP contribution in [0.5, 0.6) is 11.5 Å². The second kappa shape index (κ2) is 9.56. The molecule has 0 spiro atoms. The van der Waals surface area contributed by atoms with E-state index in [0.717, 1.165) is 25.7 Å². The first-order chi connectivity index (χ1) is 15.5. The zero-order valence-electron chi connectivity index (χ0n) is 18.3. The van der Waals surface area contributed by atoms with E-state index in [1.54, 1.807) is 37.4 Å². The molecule has 2 aliphatic rings. The number of hydrogen-bond donors (Lipinski definition) is 0. The molecule has 8 heteroatoms. The molecule has 1 aromatic carbocycles. The Morgan fingerprint density at radius 2 is 1.97 bits per heavy atom. The average Bonchev–Trinajstić information content (AvgIpc) is 3.08. The zero-order valence-corrected chi connectivity index (χ0v) is 18.3. The highest BCUT2D eigenvalue weighted by Crippen LogP contribution is 2.41. The second-order valence-electron chi connectivity index (χ2n) is 8.18. The number of esters is 1. The summed E-state index contributed by atoms with van der Waals surface area (Å²) in [5, 5.41) is 13.7.